The highest BCUT2D eigenvalue weighted by atomic mass is 16.2. The Morgan fingerprint density at radius 1 is 1.33 bits per heavy atom. The van der Waals surface area contributed by atoms with Crippen LogP contribution in [0, 0.1) is 16.7 Å². The summed E-state index contributed by atoms with van der Waals surface area (Å²) in [6.07, 6.45) is 6.35. The molecule has 1 saturated carbocycles. The van der Waals surface area contributed by atoms with Gasteiger partial charge in [0.2, 0.25) is 5.91 Å². The van der Waals surface area contributed by atoms with Crippen molar-refractivity contribution in [2.45, 2.75) is 59.8 Å². The van der Waals surface area contributed by atoms with E-state index in [4.69, 9.17) is 5.73 Å². The van der Waals surface area contributed by atoms with E-state index in [0.29, 0.717) is 17.9 Å². The summed E-state index contributed by atoms with van der Waals surface area (Å²) >= 11 is 0. The van der Waals surface area contributed by atoms with E-state index in [1.54, 1.807) is 0 Å². The number of amides is 1. The van der Waals surface area contributed by atoms with Gasteiger partial charge in [-0.1, -0.05) is 26.7 Å². The Kier molecular flexibility index (Phi) is 5.20. The number of carbonyl (C=O) groups is 1. The molecule has 3 heteroatoms. The molecule has 18 heavy (non-hydrogen) atoms. The van der Waals surface area contributed by atoms with Crippen LogP contribution in [-0.2, 0) is 4.79 Å². The molecule has 1 fully saturated rings. The molecule has 0 saturated heterocycles. The Labute approximate surface area is 112 Å². The number of carbonyl (C=O) groups excluding carboxylic acids is 1. The lowest BCUT2D eigenvalue weighted by atomic mass is 9.78. The van der Waals surface area contributed by atoms with Crippen LogP contribution in [0.5, 0.6) is 0 Å². The Hall–Kier alpha value is -0.570. The van der Waals surface area contributed by atoms with Gasteiger partial charge in [-0.05, 0) is 44.4 Å². The highest BCUT2D eigenvalue weighted by Gasteiger charge is 2.36. The van der Waals surface area contributed by atoms with Crippen LogP contribution in [0.1, 0.15) is 59.8 Å². The van der Waals surface area contributed by atoms with Crippen LogP contribution in [0.4, 0.5) is 0 Å². The summed E-state index contributed by atoms with van der Waals surface area (Å²) < 4.78 is 0. The van der Waals surface area contributed by atoms with Crippen molar-refractivity contribution >= 4 is 5.91 Å². The average molecular weight is 254 g/mol. The minimum atomic E-state index is -0.447. The maximum Gasteiger partial charge on any atom is 0.226 e. The van der Waals surface area contributed by atoms with Gasteiger partial charge in [0.05, 0.1) is 5.41 Å². The third-order valence-electron chi connectivity index (χ3n) is 4.25. The summed E-state index contributed by atoms with van der Waals surface area (Å²) in [5.74, 6) is 0.794. The number of hydrogen-bond acceptors (Lipinski definition) is 2. The molecule has 0 radical (unpaired) electrons. The molecule has 0 aromatic heterocycles. The first-order chi connectivity index (χ1) is 8.31. The van der Waals surface area contributed by atoms with E-state index in [1.807, 2.05) is 13.8 Å². The highest BCUT2D eigenvalue weighted by Crippen LogP contribution is 2.42. The van der Waals surface area contributed by atoms with Gasteiger partial charge in [-0.2, -0.15) is 0 Å². The molecule has 0 aromatic carbocycles. The Morgan fingerprint density at radius 3 is 2.33 bits per heavy atom. The normalized spacial score (nSPS) is 19.2. The van der Waals surface area contributed by atoms with Crippen molar-refractivity contribution in [1.82, 2.24) is 5.32 Å². The molecule has 1 aliphatic rings. The van der Waals surface area contributed by atoms with Crippen LogP contribution in [0.15, 0.2) is 0 Å². The fourth-order valence-electron chi connectivity index (χ4n) is 3.04. The van der Waals surface area contributed by atoms with Crippen LogP contribution in [0.2, 0.25) is 0 Å². The van der Waals surface area contributed by atoms with Crippen molar-refractivity contribution in [3.05, 3.63) is 0 Å². The van der Waals surface area contributed by atoms with Gasteiger partial charge in [-0.3, -0.25) is 4.79 Å². The minimum absolute atomic E-state index is 0.0973. The molecular formula is C15H30N2O. The van der Waals surface area contributed by atoms with Crippen LogP contribution >= 0.6 is 0 Å². The lowest BCUT2D eigenvalue weighted by molar-refractivity contribution is -0.129. The number of rotatable bonds is 6. The quantitative estimate of drug-likeness (QED) is 0.765. The first-order valence-electron chi connectivity index (χ1n) is 7.30. The second kappa shape index (κ2) is 6.05. The fourth-order valence-corrected chi connectivity index (χ4v) is 3.04. The van der Waals surface area contributed by atoms with Crippen molar-refractivity contribution in [2.24, 2.45) is 22.5 Å². The number of hydrogen-bond donors (Lipinski definition) is 2. The summed E-state index contributed by atoms with van der Waals surface area (Å²) in [5, 5.41) is 3.14. The second-order valence-corrected chi connectivity index (χ2v) is 7.08. The van der Waals surface area contributed by atoms with E-state index >= 15 is 0 Å². The standard InChI is InChI=1S/C15H30N2O/c1-12(2)9-15(7-5-6-8-15)11-17-13(18)14(3,4)10-16/h12H,5-11,16H2,1-4H3,(H,17,18). The van der Waals surface area contributed by atoms with Gasteiger partial charge >= 0.3 is 0 Å². The smallest absolute Gasteiger partial charge is 0.226 e. The molecule has 0 spiro atoms. The third-order valence-corrected chi connectivity index (χ3v) is 4.25. The lowest BCUT2D eigenvalue weighted by Crippen LogP contribution is -2.45. The van der Waals surface area contributed by atoms with Crippen LogP contribution in [0.3, 0.4) is 0 Å². The topological polar surface area (TPSA) is 55.1 Å². The van der Waals surface area contributed by atoms with Crippen LogP contribution < -0.4 is 11.1 Å². The van der Waals surface area contributed by atoms with E-state index in [1.165, 1.54) is 32.1 Å². The highest BCUT2D eigenvalue weighted by molar-refractivity contribution is 5.82. The SMILES string of the molecule is CC(C)CC1(CNC(=O)C(C)(C)CN)CCCC1. The zero-order valence-electron chi connectivity index (χ0n) is 12.5. The molecule has 1 amide bonds. The van der Waals surface area contributed by atoms with Gasteiger partial charge < -0.3 is 11.1 Å². The average Bonchev–Trinajstić information content (AvgIpc) is 2.74. The molecule has 1 aliphatic carbocycles. The minimum Gasteiger partial charge on any atom is -0.355 e. The predicted octanol–water partition coefficient (Wildman–Crippen LogP) is 2.69. The number of nitrogens with one attached hydrogen (secondary N) is 1. The van der Waals surface area contributed by atoms with Crippen molar-refractivity contribution in [2.75, 3.05) is 13.1 Å². The van der Waals surface area contributed by atoms with Gasteiger partial charge in [0, 0.05) is 13.1 Å². The Bertz CT molecular complexity index is 278. The molecule has 3 N–H and O–H groups in total. The second-order valence-electron chi connectivity index (χ2n) is 7.08. The fraction of sp³-hybridized carbons (Fsp3) is 0.933. The Balaban J connectivity index is 2.56. The summed E-state index contributed by atoms with van der Waals surface area (Å²) in [6, 6.07) is 0. The predicted molar refractivity (Wildman–Crippen MR) is 76.2 cm³/mol. The van der Waals surface area contributed by atoms with Gasteiger partial charge in [0.1, 0.15) is 0 Å². The van der Waals surface area contributed by atoms with Crippen molar-refractivity contribution < 1.29 is 4.79 Å². The number of nitrogens with two attached hydrogens (primary N) is 1. The van der Waals surface area contributed by atoms with Crippen molar-refractivity contribution in [3.63, 3.8) is 0 Å². The summed E-state index contributed by atoms with van der Waals surface area (Å²) in [6.45, 7) is 9.58. The zero-order chi connectivity index (χ0) is 13.8. The lowest BCUT2D eigenvalue weighted by Gasteiger charge is -2.33. The molecule has 1 rings (SSSR count). The summed E-state index contributed by atoms with van der Waals surface area (Å²) in [7, 11) is 0. The van der Waals surface area contributed by atoms with E-state index in [-0.39, 0.29) is 5.91 Å². The molecule has 106 valence electrons. The van der Waals surface area contributed by atoms with Gasteiger partial charge in [-0.25, -0.2) is 0 Å². The van der Waals surface area contributed by atoms with Gasteiger partial charge in [0.25, 0.3) is 0 Å². The Morgan fingerprint density at radius 2 is 1.89 bits per heavy atom. The molecule has 0 aromatic rings. The molecule has 0 atom stereocenters. The monoisotopic (exact) mass is 254 g/mol. The molecule has 0 heterocycles. The zero-order valence-corrected chi connectivity index (χ0v) is 12.5. The van der Waals surface area contributed by atoms with Crippen LogP contribution in [-0.4, -0.2) is 19.0 Å². The first-order valence-corrected chi connectivity index (χ1v) is 7.30. The maximum absolute atomic E-state index is 12.1. The first kappa shape index (κ1) is 15.5. The van der Waals surface area contributed by atoms with Crippen LogP contribution in [0.25, 0.3) is 0 Å². The van der Waals surface area contributed by atoms with E-state index < -0.39 is 5.41 Å². The van der Waals surface area contributed by atoms with Gasteiger partial charge in [-0.15, -0.1) is 0 Å². The van der Waals surface area contributed by atoms with E-state index in [0.717, 1.165) is 6.54 Å². The summed E-state index contributed by atoms with van der Waals surface area (Å²) in [4.78, 5) is 12.1. The summed E-state index contributed by atoms with van der Waals surface area (Å²) in [5.41, 5.74) is 5.54. The van der Waals surface area contributed by atoms with E-state index in [9.17, 15) is 4.79 Å². The molecule has 0 aliphatic heterocycles. The van der Waals surface area contributed by atoms with E-state index in [2.05, 4.69) is 19.2 Å². The van der Waals surface area contributed by atoms with Crippen molar-refractivity contribution in [1.29, 1.82) is 0 Å². The van der Waals surface area contributed by atoms with Crippen molar-refractivity contribution in [3.8, 4) is 0 Å². The third kappa shape index (κ3) is 3.98. The molecule has 0 unspecified atom stereocenters. The molecule has 3 nitrogen and oxygen atoms in total. The van der Waals surface area contributed by atoms with Gasteiger partial charge in [0.15, 0.2) is 0 Å². The molecular weight excluding hydrogens is 224 g/mol. The maximum atomic E-state index is 12.1. The molecule has 0 bridgehead atoms. The largest absolute Gasteiger partial charge is 0.355 e.